The van der Waals surface area contributed by atoms with Crippen LogP contribution in [0.3, 0.4) is 0 Å². The van der Waals surface area contributed by atoms with E-state index < -0.39 is 17.8 Å². The number of hydrogen-bond acceptors (Lipinski definition) is 7. The minimum Gasteiger partial charge on any atom is -0.465 e. The second-order valence-electron chi connectivity index (χ2n) is 5.87. The van der Waals surface area contributed by atoms with Gasteiger partial charge in [-0.3, -0.25) is 19.3 Å². The highest BCUT2D eigenvalue weighted by Gasteiger charge is 2.33. The Morgan fingerprint density at radius 2 is 1.96 bits per heavy atom. The molecule has 0 N–H and O–H groups in total. The van der Waals surface area contributed by atoms with Gasteiger partial charge in [0.15, 0.2) is 0 Å². The molecule has 6 nitrogen and oxygen atoms in total. The van der Waals surface area contributed by atoms with Crippen LogP contribution in [-0.2, 0) is 19.1 Å². The summed E-state index contributed by atoms with van der Waals surface area (Å²) in [7, 11) is 0. The van der Waals surface area contributed by atoms with Crippen molar-refractivity contribution in [1.82, 2.24) is 4.90 Å². The summed E-state index contributed by atoms with van der Waals surface area (Å²) in [5, 5.41) is 9.09. The average Bonchev–Trinajstić information content (AvgIpc) is 2.71. The number of carbonyl (C=O) groups is 3. The van der Waals surface area contributed by atoms with E-state index in [1.165, 1.54) is 18.7 Å². The molecule has 0 radical (unpaired) electrons. The lowest BCUT2D eigenvalue weighted by molar-refractivity contribution is -0.141. The van der Waals surface area contributed by atoms with E-state index in [1.54, 1.807) is 0 Å². The van der Waals surface area contributed by atoms with Crippen molar-refractivity contribution in [2.75, 3.05) is 18.9 Å². The highest BCUT2D eigenvalue weighted by Crippen LogP contribution is 2.23. The second kappa shape index (κ2) is 9.97. The molecule has 0 spiro atoms. The number of thioether (sulfide) groups is 1. The van der Waals surface area contributed by atoms with Crippen molar-refractivity contribution in [1.29, 1.82) is 5.26 Å². The van der Waals surface area contributed by atoms with Crippen LogP contribution >= 0.6 is 24.0 Å². The number of esters is 1. The molecule has 0 aromatic heterocycles. The minimum atomic E-state index is -0.646. The van der Waals surface area contributed by atoms with Crippen LogP contribution in [0.5, 0.6) is 0 Å². The quantitative estimate of drug-likeness (QED) is 0.223. The van der Waals surface area contributed by atoms with Gasteiger partial charge in [-0.05, 0) is 24.5 Å². The number of ether oxygens (including phenoxy) is 1. The molecule has 8 heteroatoms. The van der Waals surface area contributed by atoms with Gasteiger partial charge in [0.05, 0.1) is 16.6 Å². The van der Waals surface area contributed by atoms with Crippen molar-refractivity contribution >= 4 is 46.0 Å². The summed E-state index contributed by atoms with van der Waals surface area (Å²) in [5.41, 5.74) is 1.20. The summed E-state index contributed by atoms with van der Waals surface area (Å²) < 4.78 is 5.73. The largest absolute Gasteiger partial charge is 0.465 e. The van der Waals surface area contributed by atoms with Crippen molar-refractivity contribution in [3.63, 3.8) is 0 Å². The molecular weight excluding hydrogens is 396 g/mol. The van der Waals surface area contributed by atoms with Crippen LogP contribution in [0, 0.1) is 11.3 Å². The second-order valence-corrected chi connectivity index (χ2v) is 7.52. The Morgan fingerprint density at radius 1 is 1.29 bits per heavy atom. The van der Waals surface area contributed by atoms with Gasteiger partial charge in [0, 0.05) is 12.1 Å². The first-order valence-corrected chi connectivity index (χ1v) is 9.80. The SMILES string of the molecule is C=C1C(=O)N(CCCOC(=O)CSC(=S)c2ccccc2)C(=O)C(C#N)=C1C. The van der Waals surface area contributed by atoms with Crippen LogP contribution in [0.25, 0.3) is 0 Å². The molecule has 1 aliphatic rings. The summed E-state index contributed by atoms with van der Waals surface area (Å²) in [4.78, 5) is 37.2. The Kier molecular flexibility index (Phi) is 7.67. The Labute approximate surface area is 172 Å². The molecule has 144 valence electrons. The molecular formula is C20H18N2O4S2. The number of nitrogens with zero attached hydrogens (tertiary/aromatic N) is 2. The molecule has 2 amide bonds. The summed E-state index contributed by atoms with van der Waals surface area (Å²) in [6.45, 7) is 5.24. The fraction of sp³-hybridized carbons (Fsp3) is 0.250. The fourth-order valence-corrected chi connectivity index (χ4v) is 3.38. The smallest absolute Gasteiger partial charge is 0.316 e. The monoisotopic (exact) mass is 414 g/mol. The van der Waals surface area contributed by atoms with Gasteiger partial charge in [-0.15, -0.1) is 11.8 Å². The summed E-state index contributed by atoms with van der Waals surface area (Å²) in [6, 6.07) is 11.2. The van der Waals surface area contributed by atoms with Crippen molar-refractivity contribution in [2.24, 2.45) is 0 Å². The van der Waals surface area contributed by atoms with Crippen molar-refractivity contribution in [3.05, 3.63) is 59.2 Å². The fourth-order valence-electron chi connectivity index (χ4n) is 2.43. The van der Waals surface area contributed by atoms with Gasteiger partial charge in [0.2, 0.25) is 0 Å². The van der Waals surface area contributed by atoms with E-state index in [4.69, 9.17) is 22.2 Å². The molecule has 0 unspecified atom stereocenters. The summed E-state index contributed by atoms with van der Waals surface area (Å²) >= 11 is 6.48. The average molecular weight is 415 g/mol. The van der Waals surface area contributed by atoms with E-state index in [1.807, 2.05) is 36.4 Å². The zero-order chi connectivity index (χ0) is 20.7. The van der Waals surface area contributed by atoms with Crippen LogP contribution in [0.15, 0.2) is 53.6 Å². The van der Waals surface area contributed by atoms with Crippen LogP contribution in [0.4, 0.5) is 0 Å². The third-order valence-electron chi connectivity index (χ3n) is 4.02. The first-order valence-electron chi connectivity index (χ1n) is 8.41. The molecule has 2 rings (SSSR count). The molecule has 1 heterocycles. The third-order valence-corrected chi connectivity index (χ3v) is 5.49. The van der Waals surface area contributed by atoms with Crippen LogP contribution < -0.4 is 0 Å². The number of thiocarbonyl (C=S) groups is 1. The van der Waals surface area contributed by atoms with Gasteiger partial charge in [0.25, 0.3) is 11.8 Å². The highest BCUT2D eigenvalue weighted by molar-refractivity contribution is 8.24. The van der Waals surface area contributed by atoms with E-state index >= 15 is 0 Å². The summed E-state index contributed by atoms with van der Waals surface area (Å²) in [6.07, 6.45) is 0.266. The molecule has 0 aliphatic carbocycles. The van der Waals surface area contributed by atoms with E-state index in [9.17, 15) is 14.4 Å². The molecule has 0 bridgehead atoms. The Hall–Kier alpha value is -2.76. The molecule has 0 fully saturated rings. The maximum Gasteiger partial charge on any atom is 0.316 e. The maximum absolute atomic E-state index is 12.2. The number of imide groups is 1. The number of hydrogen-bond donors (Lipinski definition) is 0. The van der Waals surface area contributed by atoms with Gasteiger partial charge in [-0.1, -0.05) is 49.1 Å². The standard InChI is InChI=1S/C20H18N2O4S2/c1-13-14(2)18(24)22(19(25)16(13)11-21)9-6-10-26-17(23)12-28-20(27)15-7-4-3-5-8-15/h3-5,7-8H,2,6,9-10,12H2,1H3. The molecule has 1 aromatic carbocycles. The molecule has 0 atom stereocenters. The Balaban J connectivity index is 1.76. The Morgan fingerprint density at radius 3 is 2.61 bits per heavy atom. The van der Waals surface area contributed by atoms with Crippen LogP contribution in [-0.4, -0.2) is 45.8 Å². The molecule has 1 aliphatic heterocycles. The van der Waals surface area contributed by atoms with E-state index in [-0.39, 0.29) is 36.5 Å². The third kappa shape index (κ3) is 5.15. The lowest BCUT2D eigenvalue weighted by Crippen LogP contribution is -2.43. The van der Waals surface area contributed by atoms with Crippen molar-refractivity contribution in [3.8, 4) is 6.07 Å². The lowest BCUT2D eigenvalue weighted by atomic mass is 9.97. The minimum absolute atomic E-state index is 0.0397. The van der Waals surface area contributed by atoms with Crippen molar-refractivity contribution in [2.45, 2.75) is 13.3 Å². The van der Waals surface area contributed by atoms with Gasteiger partial charge >= 0.3 is 5.97 Å². The van der Waals surface area contributed by atoms with E-state index in [2.05, 4.69) is 6.58 Å². The zero-order valence-corrected chi connectivity index (χ0v) is 16.9. The predicted octanol–water partition coefficient (Wildman–Crippen LogP) is 2.79. The molecule has 1 aromatic rings. The number of nitriles is 1. The number of benzene rings is 1. The first kappa shape index (κ1) is 21.5. The molecule has 28 heavy (non-hydrogen) atoms. The van der Waals surface area contributed by atoms with Gasteiger partial charge in [-0.2, -0.15) is 5.26 Å². The molecule has 0 saturated carbocycles. The van der Waals surface area contributed by atoms with Crippen molar-refractivity contribution < 1.29 is 19.1 Å². The van der Waals surface area contributed by atoms with Gasteiger partial charge in [-0.25, -0.2) is 0 Å². The topological polar surface area (TPSA) is 87.5 Å². The van der Waals surface area contributed by atoms with Crippen LogP contribution in [0.2, 0.25) is 0 Å². The first-order chi connectivity index (χ1) is 13.4. The maximum atomic E-state index is 12.2. The van der Waals surface area contributed by atoms with Gasteiger partial charge in [0.1, 0.15) is 11.6 Å². The number of carbonyl (C=O) groups excluding carboxylic acids is 3. The molecule has 0 saturated heterocycles. The van der Waals surface area contributed by atoms with Gasteiger partial charge < -0.3 is 4.74 Å². The highest BCUT2D eigenvalue weighted by atomic mass is 32.2. The number of amides is 2. The van der Waals surface area contributed by atoms with Crippen LogP contribution in [0.1, 0.15) is 18.9 Å². The number of rotatable bonds is 7. The zero-order valence-electron chi connectivity index (χ0n) is 15.3. The Bertz CT molecular complexity index is 901. The van der Waals surface area contributed by atoms with E-state index in [0.29, 0.717) is 9.77 Å². The van der Waals surface area contributed by atoms with E-state index in [0.717, 1.165) is 10.5 Å². The lowest BCUT2D eigenvalue weighted by Gasteiger charge is -2.26. The normalized spacial score (nSPS) is 14.1. The summed E-state index contributed by atoms with van der Waals surface area (Å²) in [5.74, 6) is -1.53. The predicted molar refractivity (Wildman–Crippen MR) is 110 cm³/mol.